The average Bonchev–Trinajstić information content (AvgIpc) is 2.78. The zero-order valence-corrected chi connectivity index (χ0v) is 14.3. The van der Waals surface area contributed by atoms with Gasteiger partial charge in [-0.15, -0.1) is 0 Å². The van der Waals surface area contributed by atoms with Gasteiger partial charge in [0.15, 0.2) is 6.23 Å². The fourth-order valence-corrected chi connectivity index (χ4v) is 3.70. The molecule has 24 heavy (non-hydrogen) atoms. The number of hydrogen-bond acceptors (Lipinski definition) is 3. The molecule has 1 saturated carbocycles. The van der Waals surface area contributed by atoms with Crippen LogP contribution in [-0.4, -0.2) is 34.4 Å². The Kier molecular flexibility index (Phi) is 5.19. The van der Waals surface area contributed by atoms with Gasteiger partial charge in [-0.2, -0.15) is 0 Å². The van der Waals surface area contributed by atoms with E-state index in [9.17, 15) is 14.7 Å². The molecule has 130 valence electrons. The molecule has 5 nitrogen and oxygen atoms in total. The van der Waals surface area contributed by atoms with Crippen molar-refractivity contribution in [3.05, 3.63) is 34.9 Å². The summed E-state index contributed by atoms with van der Waals surface area (Å²) in [6.07, 6.45) is 6.74. The number of fused-ring (bicyclic) bond motifs is 1. The summed E-state index contributed by atoms with van der Waals surface area (Å²) in [4.78, 5) is 26.4. The molecule has 1 aliphatic carbocycles. The van der Waals surface area contributed by atoms with E-state index >= 15 is 0 Å². The third-order valence-corrected chi connectivity index (χ3v) is 5.04. The average molecular weight is 330 g/mol. The highest BCUT2D eigenvalue weighted by Crippen LogP contribution is 2.32. The van der Waals surface area contributed by atoms with E-state index in [1.165, 1.54) is 17.7 Å². The largest absolute Gasteiger partial charge is 0.369 e. The van der Waals surface area contributed by atoms with Crippen LogP contribution in [0.25, 0.3) is 0 Å². The minimum absolute atomic E-state index is 0.124. The molecular weight excluding hydrogens is 304 g/mol. The molecule has 2 amide bonds. The number of carbonyl (C=O) groups excluding carboxylic acids is 2. The van der Waals surface area contributed by atoms with Gasteiger partial charge in [0.05, 0.1) is 0 Å². The molecule has 0 spiro atoms. The summed E-state index contributed by atoms with van der Waals surface area (Å²) in [6.45, 7) is 2.48. The molecule has 2 aliphatic rings. The zero-order valence-electron chi connectivity index (χ0n) is 14.3. The minimum atomic E-state index is -0.897. The van der Waals surface area contributed by atoms with Gasteiger partial charge in [-0.05, 0) is 31.4 Å². The number of carbonyl (C=O) groups is 2. The first kappa shape index (κ1) is 17.0. The predicted octanol–water partition coefficient (Wildman–Crippen LogP) is 3.00. The third-order valence-electron chi connectivity index (χ3n) is 5.04. The summed E-state index contributed by atoms with van der Waals surface area (Å²) in [5.41, 5.74) is 1.54. The molecule has 5 heteroatoms. The van der Waals surface area contributed by atoms with Crippen molar-refractivity contribution in [1.29, 1.82) is 0 Å². The van der Waals surface area contributed by atoms with E-state index in [2.05, 4.69) is 5.32 Å². The lowest BCUT2D eigenvalue weighted by molar-refractivity contribution is 0.0177. The van der Waals surface area contributed by atoms with Gasteiger partial charge in [-0.3, -0.25) is 9.59 Å². The van der Waals surface area contributed by atoms with Crippen LogP contribution < -0.4 is 5.32 Å². The highest BCUT2D eigenvalue weighted by atomic mass is 16.3. The molecule has 1 fully saturated rings. The number of aliphatic hydroxyl groups excluding tert-OH is 1. The number of benzene rings is 1. The molecule has 0 saturated heterocycles. The number of nitrogens with one attached hydrogen (secondary N) is 1. The van der Waals surface area contributed by atoms with E-state index in [-0.39, 0.29) is 17.9 Å². The molecule has 1 heterocycles. The van der Waals surface area contributed by atoms with Crippen molar-refractivity contribution in [1.82, 2.24) is 10.2 Å². The quantitative estimate of drug-likeness (QED) is 0.834. The number of rotatable bonds is 4. The minimum Gasteiger partial charge on any atom is -0.369 e. The van der Waals surface area contributed by atoms with Gasteiger partial charge in [-0.25, -0.2) is 0 Å². The summed E-state index contributed by atoms with van der Waals surface area (Å²) in [6, 6.07) is 5.26. The zero-order chi connectivity index (χ0) is 17.1. The standard InChI is InChI=1S/C19H26N2O3/c1-2-11-21-18(23)15-10-9-13(12-16(15)19(21)24)17(22)20-14-7-5-3-4-6-8-14/h9-10,12,14,18,23H,2-8,11H2,1H3,(H,20,22). The van der Waals surface area contributed by atoms with Crippen molar-refractivity contribution >= 4 is 11.8 Å². The molecule has 2 N–H and O–H groups in total. The van der Waals surface area contributed by atoms with E-state index in [1.807, 2.05) is 6.92 Å². The van der Waals surface area contributed by atoms with Gasteiger partial charge in [0.1, 0.15) is 0 Å². The summed E-state index contributed by atoms with van der Waals surface area (Å²) in [7, 11) is 0. The van der Waals surface area contributed by atoms with Crippen molar-refractivity contribution in [2.24, 2.45) is 0 Å². The molecule has 1 aliphatic heterocycles. The first-order valence-electron chi connectivity index (χ1n) is 9.05. The van der Waals surface area contributed by atoms with Crippen molar-refractivity contribution in [3.8, 4) is 0 Å². The Hall–Kier alpha value is -1.88. The number of hydrogen-bond donors (Lipinski definition) is 2. The molecule has 1 aromatic rings. The van der Waals surface area contributed by atoms with Crippen molar-refractivity contribution < 1.29 is 14.7 Å². The third kappa shape index (κ3) is 3.31. The van der Waals surface area contributed by atoms with Crippen LogP contribution in [0.15, 0.2) is 18.2 Å². The van der Waals surface area contributed by atoms with E-state index < -0.39 is 6.23 Å². The van der Waals surface area contributed by atoms with Gasteiger partial charge < -0.3 is 15.3 Å². The van der Waals surface area contributed by atoms with Crippen molar-refractivity contribution in [2.45, 2.75) is 64.1 Å². The molecule has 3 rings (SSSR count). The summed E-state index contributed by atoms with van der Waals surface area (Å²) in [5, 5.41) is 13.4. The summed E-state index contributed by atoms with van der Waals surface area (Å²) >= 11 is 0. The van der Waals surface area contributed by atoms with E-state index in [4.69, 9.17) is 0 Å². The van der Waals surface area contributed by atoms with E-state index in [0.717, 1.165) is 32.1 Å². The first-order chi connectivity index (χ1) is 11.6. The Bertz CT molecular complexity index is 621. The lowest BCUT2D eigenvalue weighted by Crippen LogP contribution is -2.34. The van der Waals surface area contributed by atoms with Crippen LogP contribution in [0, 0.1) is 0 Å². The van der Waals surface area contributed by atoms with E-state index in [0.29, 0.717) is 23.2 Å². The first-order valence-corrected chi connectivity index (χ1v) is 9.05. The Labute approximate surface area is 143 Å². The van der Waals surface area contributed by atoms with Crippen LogP contribution in [0.2, 0.25) is 0 Å². The van der Waals surface area contributed by atoms with Gasteiger partial charge in [0.2, 0.25) is 0 Å². The van der Waals surface area contributed by atoms with Gasteiger partial charge in [0, 0.05) is 29.3 Å². The fraction of sp³-hybridized carbons (Fsp3) is 0.579. The number of amides is 2. The Balaban J connectivity index is 1.74. The second-order valence-corrected chi connectivity index (χ2v) is 6.84. The Morgan fingerprint density at radius 2 is 1.96 bits per heavy atom. The van der Waals surface area contributed by atoms with Crippen LogP contribution in [0.3, 0.4) is 0 Å². The summed E-state index contributed by atoms with van der Waals surface area (Å²) in [5.74, 6) is -0.315. The monoisotopic (exact) mass is 330 g/mol. The molecule has 0 radical (unpaired) electrons. The smallest absolute Gasteiger partial charge is 0.256 e. The van der Waals surface area contributed by atoms with Crippen LogP contribution in [0.4, 0.5) is 0 Å². The molecule has 0 bridgehead atoms. The molecule has 1 aromatic carbocycles. The molecule has 1 unspecified atom stereocenters. The van der Waals surface area contributed by atoms with Crippen LogP contribution >= 0.6 is 0 Å². The lowest BCUT2D eigenvalue weighted by atomic mass is 10.0. The van der Waals surface area contributed by atoms with Crippen molar-refractivity contribution in [2.75, 3.05) is 6.54 Å². The number of aliphatic hydroxyl groups is 1. The maximum atomic E-state index is 12.5. The molecule has 0 aromatic heterocycles. The summed E-state index contributed by atoms with van der Waals surface area (Å²) < 4.78 is 0. The predicted molar refractivity (Wildman–Crippen MR) is 91.7 cm³/mol. The maximum absolute atomic E-state index is 12.5. The normalized spacial score (nSPS) is 21.5. The Morgan fingerprint density at radius 3 is 2.62 bits per heavy atom. The SMILES string of the molecule is CCCN1C(=O)c2cc(C(=O)NC3CCCCCC3)ccc2C1O. The lowest BCUT2D eigenvalue weighted by Gasteiger charge is -2.19. The van der Waals surface area contributed by atoms with Gasteiger partial charge >= 0.3 is 0 Å². The molecular formula is C19H26N2O3. The van der Waals surface area contributed by atoms with Crippen molar-refractivity contribution in [3.63, 3.8) is 0 Å². The topological polar surface area (TPSA) is 69.6 Å². The fourth-order valence-electron chi connectivity index (χ4n) is 3.70. The second kappa shape index (κ2) is 7.34. The Morgan fingerprint density at radius 1 is 1.25 bits per heavy atom. The number of nitrogens with zero attached hydrogens (tertiary/aromatic N) is 1. The van der Waals surface area contributed by atoms with Crippen LogP contribution in [0.5, 0.6) is 0 Å². The van der Waals surface area contributed by atoms with Crippen LogP contribution in [-0.2, 0) is 0 Å². The van der Waals surface area contributed by atoms with Crippen LogP contribution in [0.1, 0.15) is 84.4 Å². The van der Waals surface area contributed by atoms with Gasteiger partial charge in [-0.1, -0.05) is 38.7 Å². The maximum Gasteiger partial charge on any atom is 0.256 e. The van der Waals surface area contributed by atoms with E-state index in [1.54, 1.807) is 18.2 Å². The highest BCUT2D eigenvalue weighted by Gasteiger charge is 2.35. The molecule has 1 atom stereocenters. The van der Waals surface area contributed by atoms with Gasteiger partial charge in [0.25, 0.3) is 11.8 Å². The highest BCUT2D eigenvalue weighted by molar-refractivity contribution is 6.02. The second-order valence-electron chi connectivity index (χ2n) is 6.84.